The van der Waals surface area contributed by atoms with E-state index in [1.54, 1.807) is 0 Å². The van der Waals surface area contributed by atoms with Crippen LogP contribution < -0.4 is 0 Å². The number of aromatic nitrogens is 5. The van der Waals surface area contributed by atoms with Gasteiger partial charge >= 0.3 is 0 Å². The van der Waals surface area contributed by atoms with E-state index < -0.39 is 0 Å². The number of fused-ring (bicyclic) bond motifs is 12. The van der Waals surface area contributed by atoms with E-state index in [2.05, 4.69) is 228 Å². The van der Waals surface area contributed by atoms with Crippen LogP contribution in [0.5, 0.6) is 0 Å². The predicted molar refractivity (Wildman–Crippen MR) is 293 cm³/mol. The molecule has 4 aromatic heterocycles. The van der Waals surface area contributed by atoms with Crippen LogP contribution in [-0.2, 0) is 0 Å². The van der Waals surface area contributed by atoms with Gasteiger partial charge in [0.2, 0.25) is 0 Å². The Labute approximate surface area is 407 Å². The van der Waals surface area contributed by atoms with Crippen LogP contribution in [0.15, 0.2) is 241 Å². The summed E-state index contributed by atoms with van der Waals surface area (Å²) < 4.78 is 11.6. The normalized spacial score (nSPS) is 11.9. The topological polar surface area (TPSA) is 61.7 Å². The van der Waals surface area contributed by atoms with Gasteiger partial charge < -0.3 is 13.6 Å². The van der Waals surface area contributed by atoms with E-state index in [9.17, 15) is 0 Å². The van der Waals surface area contributed by atoms with Crippen LogP contribution in [0.25, 0.3) is 144 Å². The zero-order chi connectivity index (χ0) is 46.6. The van der Waals surface area contributed by atoms with Crippen molar-refractivity contribution in [1.29, 1.82) is 0 Å². The van der Waals surface area contributed by atoms with Gasteiger partial charge in [0.05, 0.1) is 27.8 Å². The number of nitrogens with zero attached hydrogens (tertiary/aromatic N) is 5. The first-order valence-electron chi connectivity index (χ1n) is 24.0. The van der Waals surface area contributed by atoms with Crippen LogP contribution >= 0.6 is 0 Å². The quantitative estimate of drug-likeness (QED) is 0.167. The summed E-state index contributed by atoms with van der Waals surface area (Å²) in [5, 5.41) is 11.4. The van der Waals surface area contributed by atoms with Crippen molar-refractivity contribution >= 4 is 87.1 Å². The molecule has 6 heteroatoms. The average Bonchev–Trinajstić information content (AvgIpc) is 4.10. The monoisotopic (exact) mass is 905 g/mol. The fraction of sp³-hybridized carbons (Fsp3) is 0. The van der Waals surface area contributed by atoms with E-state index in [1.165, 1.54) is 21.5 Å². The van der Waals surface area contributed by atoms with Gasteiger partial charge in [-0.05, 0) is 107 Å². The van der Waals surface area contributed by atoms with Crippen LogP contribution in [-0.4, -0.2) is 24.1 Å². The number of hydrogen-bond donors (Lipinski definition) is 0. The number of para-hydroxylation sites is 3. The molecule has 0 amide bonds. The minimum Gasteiger partial charge on any atom is -0.455 e. The maximum atomic E-state index is 6.83. The van der Waals surface area contributed by atoms with Gasteiger partial charge in [-0.1, -0.05) is 152 Å². The lowest BCUT2D eigenvalue weighted by molar-refractivity contribution is 0.673. The van der Waals surface area contributed by atoms with Crippen molar-refractivity contribution in [1.82, 2.24) is 24.1 Å². The van der Waals surface area contributed by atoms with Gasteiger partial charge in [-0.3, -0.25) is 0 Å². The van der Waals surface area contributed by atoms with Crippen LogP contribution in [0.4, 0.5) is 0 Å². The Morgan fingerprint density at radius 2 is 0.887 bits per heavy atom. The molecule has 0 spiro atoms. The molecule has 0 aliphatic rings. The highest BCUT2D eigenvalue weighted by molar-refractivity contribution is 6.20. The molecule has 0 saturated carbocycles. The number of rotatable bonds is 6. The molecule has 11 aromatic carbocycles. The molecule has 330 valence electrons. The summed E-state index contributed by atoms with van der Waals surface area (Å²) in [4.78, 5) is 15.9. The highest BCUT2D eigenvalue weighted by Gasteiger charge is 2.23. The van der Waals surface area contributed by atoms with Gasteiger partial charge in [0, 0.05) is 65.6 Å². The molecule has 0 fully saturated rings. The molecule has 71 heavy (non-hydrogen) atoms. The average molecular weight is 906 g/mol. The third kappa shape index (κ3) is 6.11. The molecule has 0 radical (unpaired) electrons. The summed E-state index contributed by atoms with van der Waals surface area (Å²) in [5.74, 6) is 1.78. The Hall–Kier alpha value is -9.65. The van der Waals surface area contributed by atoms with Crippen molar-refractivity contribution < 1.29 is 4.42 Å². The van der Waals surface area contributed by atoms with Crippen molar-refractivity contribution in [2.75, 3.05) is 0 Å². The second kappa shape index (κ2) is 15.4. The molecule has 0 saturated heterocycles. The third-order valence-electron chi connectivity index (χ3n) is 14.3. The van der Waals surface area contributed by atoms with Gasteiger partial charge in [-0.25, -0.2) is 15.0 Å². The first-order chi connectivity index (χ1) is 35.2. The Kier molecular flexibility index (Phi) is 8.56. The molecule has 0 aliphatic carbocycles. The smallest absolute Gasteiger partial charge is 0.164 e. The van der Waals surface area contributed by atoms with E-state index >= 15 is 0 Å². The SMILES string of the molecule is c1ccc(-c2nc(-c3ccc(-n4c5ccccc5c5cc6ccccc6cc54)c(-c4cccc5oc6c7ccccc7ccc6c45)c3)nc(-c3ccc4c(c3)c3ccccc3n4-c3ccccc3)n2)cc1. The predicted octanol–water partition coefficient (Wildman–Crippen LogP) is 16.9. The molecule has 15 aromatic rings. The highest BCUT2D eigenvalue weighted by Crippen LogP contribution is 2.45. The van der Waals surface area contributed by atoms with Crippen LogP contribution in [0.2, 0.25) is 0 Å². The molecule has 0 atom stereocenters. The molecule has 0 unspecified atom stereocenters. The standard InChI is InChI=1S/C65H39N5O/c1-3-17-41(18-4-1)63-66-64(44-31-34-57-52(37-44)48-24-11-13-27-55(48)69(57)46-21-5-2-6-22-46)68-65(67-63)45-32-35-58(70-56-28-14-12-25-49(56)53-36-42-19-7-8-20-43(42)39-59(53)70)54(38-45)50-26-15-29-60-61(50)51-33-30-40-16-9-10-23-47(40)62(51)71-60/h1-39H. The Morgan fingerprint density at radius 3 is 1.65 bits per heavy atom. The second-order valence-electron chi connectivity index (χ2n) is 18.3. The lowest BCUT2D eigenvalue weighted by Crippen LogP contribution is -2.02. The van der Waals surface area contributed by atoms with E-state index in [-0.39, 0.29) is 0 Å². The van der Waals surface area contributed by atoms with Gasteiger partial charge in [0.25, 0.3) is 0 Å². The fourth-order valence-electron chi connectivity index (χ4n) is 11.1. The van der Waals surface area contributed by atoms with E-state index in [0.717, 1.165) is 105 Å². The third-order valence-corrected chi connectivity index (χ3v) is 14.3. The van der Waals surface area contributed by atoms with Crippen LogP contribution in [0.3, 0.4) is 0 Å². The largest absolute Gasteiger partial charge is 0.455 e. The Balaban J connectivity index is 1.000. The zero-order valence-corrected chi connectivity index (χ0v) is 38.2. The maximum Gasteiger partial charge on any atom is 0.164 e. The lowest BCUT2D eigenvalue weighted by atomic mass is 9.95. The van der Waals surface area contributed by atoms with Crippen molar-refractivity contribution in [2.24, 2.45) is 0 Å². The molecular formula is C65H39N5O. The molecule has 0 aliphatic heterocycles. The van der Waals surface area contributed by atoms with Gasteiger partial charge in [0.15, 0.2) is 17.5 Å². The number of benzene rings is 11. The first kappa shape index (κ1) is 39.4. The van der Waals surface area contributed by atoms with Crippen LogP contribution in [0.1, 0.15) is 0 Å². The lowest BCUT2D eigenvalue weighted by Gasteiger charge is -2.17. The van der Waals surface area contributed by atoms with Crippen molar-refractivity contribution in [3.05, 3.63) is 237 Å². The zero-order valence-electron chi connectivity index (χ0n) is 38.2. The summed E-state index contributed by atoms with van der Waals surface area (Å²) in [6, 6.07) is 83.9. The Bertz CT molecular complexity index is 4640. The van der Waals surface area contributed by atoms with E-state index in [0.29, 0.717) is 17.5 Å². The van der Waals surface area contributed by atoms with Crippen molar-refractivity contribution in [2.45, 2.75) is 0 Å². The highest BCUT2D eigenvalue weighted by atomic mass is 16.3. The summed E-state index contributed by atoms with van der Waals surface area (Å²) in [6.45, 7) is 0. The van der Waals surface area contributed by atoms with E-state index in [4.69, 9.17) is 19.4 Å². The van der Waals surface area contributed by atoms with Crippen molar-refractivity contribution in [3.8, 4) is 56.7 Å². The molecule has 0 N–H and O–H groups in total. The summed E-state index contributed by atoms with van der Waals surface area (Å²) in [5.41, 5.74) is 13.1. The number of furan rings is 1. The summed E-state index contributed by atoms with van der Waals surface area (Å²) in [6.07, 6.45) is 0. The van der Waals surface area contributed by atoms with Gasteiger partial charge in [-0.2, -0.15) is 0 Å². The van der Waals surface area contributed by atoms with E-state index in [1.807, 2.05) is 18.2 Å². The van der Waals surface area contributed by atoms with Gasteiger partial charge in [-0.15, -0.1) is 0 Å². The fourth-order valence-corrected chi connectivity index (χ4v) is 11.1. The minimum atomic E-state index is 0.580. The molecule has 6 nitrogen and oxygen atoms in total. The molecule has 0 bridgehead atoms. The number of hydrogen-bond acceptors (Lipinski definition) is 4. The summed E-state index contributed by atoms with van der Waals surface area (Å²) in [7, 11) is 0. The second-order valence-corrected chi connectivity index (χ2v) is 18.3. The van der Waals surface area contributed by atoms with Crippen LogP contribution in [0, 0.1) is 0 Å². The van der Waals surface area contributed by atoms with Gasteiger partial charge in [0.1, 0.15) is 11.2 Å². The van der Waals surface area contributed by atoms with Crippen molar-refractivity contribution in [3.63, 3.8) is 0 Å². The molecule has 15 rings (SSSR count). The maximum absolute atomic E-state index is 6.83. The minimum absolute atomic E-state index is 0.580. The first-order valence-corrected chi connectivity index (χ1v) is 24.0. The summed E-state index contributed by atoms with van der Waals surface area (Å²) >= 11 is 0. The molecule has 4 heterocycles. The molecular weight excluding hydrogens is 867 g/mol. The Morgan fingerprint density at radius 1 is 0.310 bits per heavy atom.